The summed E-state index contributed by atoms with van der Waals surface area (Å²) in [5, 5.41) is 3.48. The molecule has 0 aromatic heterocycles. The molecule has 3 rings (SSSR count). The Morgan fingerprint density at radius 1 is 1.15 bits per heavy atom. The van der Waals surface area contributed by atoms with E-state index in [4.69, 9.17) is 0 Å². The zero-order chi connectivity index (χ0) is 13.8. The summed E-state index contributed by atoms with van der Waals surface area (Å²) in [6.45, 7) is 7.49. The summed E-state index contributed by atoms with van der Waals surface area (Å²) in [7, 11) is 0. The number of hydrogen-bond acceptors (Lipinski definition) is 3. The van der Waals surface area contributed by atoms with Gasteiger partial charge in [0.2, 0.25) is 0 Å². The van der Waals surface area contributed by atoms with Crippen molar-refractivity contribution in [3.63, 3.8) is 0 Å². The van der Waals surface area contributed by atoms with Gasteiger partial charge in [-0.1, -0.05) is 12.1 Å². The third-order valence-electron chi connectivity index (χ3n) is 4.48. The van der Waals surface area contributed by atoms with Crippen LogP contribution in [0.2, 0.25) is 0 Å². The lowest BCUT2D eigenvalue weighted by Crippen LogP contribution is -2.49. The normalized spacial score (nSPS) is 24.9. The van der Waals surface area contributed by atoms with Gasteiger partial charge in [-0.2, -0.15) is 0 Å². The number of piperidine rings is 1. The molecule has 0 radical (unpaired) electrons. The van der Waals surface area contributed by atoms with Crippen molar-refractivity contribution < 1.29 is 4.39 Å². The maximum atomic E-state index is 13.8. The fraction of sp³-hybridized carbons (Fsp3) is 0.625. The van der Waals surface area contributed by atoms with Gasteiger partial charge >= 0.3 is 0 Å². The molecule has 20 heavy (non-hydrogen) atoms. The van der Waals surface area contributed by atoms with Crippen molar-refractivity contribution in [2.75, 3.05) is 50.7 Å². The smallest absolute Gasteiger partial charge is 0.146 e. The van der Waals surface area contributed by atoms with E-state index in [1.807, 2.05) is 12.1 Å². The number of anilines is 1. The van der Waals surface area contributed by atoms with Crippen molar-refractivity contribution >= 4 is 5.69 Å². The standard InChI is InChI=1S/C16H24FN3/c17-15-5-1-2-6-16(15)20-10-8-19(9-11-20)13-14-4-3-7-18-12-14/h1-2,5-6,14,18H,3-4,7-13H2. The molecule has 2 aliphatic heterocycles. The fourth-order valence-corrected chi connectivity index (χ4v) is 3.32. The molecule has 4 heteroatoms. The van der Waals surface area contributed by atoms with Crippen LogP contribution >= 0.6 is 0 Å². The maximum absolute atomic E-state index is 13.8. The van der Waals surface area contributed by atoms with Crippen LogP contribution in [-0.2, 0) is 0 Å². The Balaban J connectivity index is 1.50. The SMILES string of the molecule is Fc1ccccc1N1CCN(CC2CCCNC2)CC1. The van der Waals surface area contributed by atoms with Crippen LogP contribution in [0.3, 0.4) is 0 Å². The van der Waals surface area contributed by atoms with E-state index in [2.05, 4.69) is 15.1 Å². The van der Waals surface area contributed by atoms with E-state index >= 15 is 0 Å². The summed E-state index contributed by atoms with van der Waals surface area (Å²) in [4.78, 5) is 4.71. The largest absolute Gasteiger partial charge is 0.367 e. The Morgan fingerprint density at radius 3 is 2.65 bits per heavy atom. The first-order valence-corrected chi connectivity index (χ1v) is 7.75. The van der Waals surface area contributed by atoms with Gasteiger partial charge in [-0.25, -0.2) is 4.39 Å². The van der Waals surface area contributed by atoms with Crippen LogP contribution < -0.4 is 10.2 Å². The highest BCUT2D eigenvalue weighted by atomic mass is 19.1. The minimum Gasteiger partial charge on any atom is -0.367 e. The van der Waals surface area contributed by atoms with Gasteiger partial charge in [-0.05, 0) is 44.0 Å². The first-order valence-electron chi connectivity index (χ1n) is 7.75. The quantitative estimate of drug-likeness (QED) is 0.911. The van der Waals surface area contributed by atoms with Crippen molar-refractivity contribution in [2.24, 2.45) is 5.92 Å². The molecular weight excluding hydrogens is 253 g/mol. The lowest BCUT2D eigenvalue weighted by atomic mass is 9.99. The number of nitrogens with one attached hydrogen (secondary N) is 1. The van der Waals surface area contributed by atoms with Gasteiger partial charge in [-0.15, -0.1) is 0 Å². The molecule has 0 amide bonds. The molecule has 3 nitrogen and oxygen atoms in total. The molecule has 1 atom stereocenters. The maximum Gasteiger partial charge on any atom is 0.146 e. The number of rotatable bonds is 3. The van der Waals surface area contributed by atoms with Gasteiger partial charge in [0, 0.05) is 32.7 Å². The predicted molar refractivity (Wildman–Crippen MR) is 80.6 cm³/mol. The van der Waals surface area contributed by atoms with Crippen molar-refractivity contribution in [1.82, 2.24) is 10.2 Å². The first-order chi connectivity index (χ1) is 9.83. The first kappa shape index (κ1) is 13.8. The number of halogens is 1. The number of para-hydroxylation sites is 1. The van der Waals surface area contributed by atoms with Gasteiger partial charge in [0.1, 0.15) is 5.82 Å². The second-order valence-electron chi connectivity index (χ2n) is 5.95. The second-order valence-corrected chi connectivity index (χ2v) is 5.95. The summed E-state index contributed by atoms with van der Waals surface area (Å²) in [5.41, 5.74) is 0.756. The molecule has 0 aliphatic carbocycles. The monoisotopic (exact) mass is 277 g/mol. The summed E-state index contributed by atoms with van der Waals surface area (Å²) in [6, 6.07) is 7.11. The zero-order valence-corrected chi connectivity index (χ0v) is 12.0. The number of nitrogens with zero attached hydrogens (tertiary/aromatic N) is 2. The van der Waals surface area contributed by atoms with Gasteiger partial charge in [0.25, 0.3) is 0 Å². The van der Waals surface area contributed by atoms with Crippen LogP contribution in [0.15, 0.2) is 24.3 Å². The van der Waals surface area contributed by atoms with Crippen molar-refractivity contribution in [3.05, 3.63) is 30.1 Å². The summed E-state index contributed by atoms with van der Waals surface area (Å²) >= 11 is 0. The van der Waals surface area contributed by atoms with Crippen molar-refractivity contribution in [2.45, 2.75) is 12.8 Å². The Kier molecular flexibility index (Phi) is 4.53. The molecule has 1 aromatic rings. The minimum absolute atomic E-state index is 0.0996. The highest BCUT2D eigenvalue weighted by Crippen LogP contribution is 2.21. The molecule has 2 fully saturated rings. The lowest BCUT2D eigenvalue weighted by Gasteiger charge is -2.38. The van der Waals surface area contributed by atoms with Crippen LogP contribution in [0.1, 0.15) is 12.8 Å². The Hall–Kier alpha value is -1.13. The van der Waals surface area contributed by atoms with Crippen molar-refractivity contribution in [3.8, 4) is 0 Å². The summed E-state index contributed by atoms with van der Waals surface area (Å²) in [5.74, 6) is 0.696. The highest BCUT2D eigenvalue weighted by molar-refractivity contribution is 5.47. The van der Waals surface area contributed by atoms with Gasteiger partial charge in [0.05, 0.1) is 5.69 Å². The van der Waals surface area contributed by atoms with Crippen LogP contribution in [0, 0.1) is 11.7 Å². The topological polar surface area (TPSA) is 18.5 Å². The molecular formula is C16H24FN3. The average Bonchev–Trinajstić information content (AvgIpc) is 2.50. The lowest BCUT2D eigenvalue weighted by molar-refractivity contribution is 0.198. The van der Waals surface area contributed by atoms with Gasteiger partial charge in [0.15, 0.2) is 0 Å². The molecule has 1 aromatic carbocycles. The third kappa shape index (κ3) is 3.30. The number of hydrogen-bond donors (Lipinski definition) is 1. The van der Waals surface area contributed by atoms with Crippen LogP contribution in [-0.4, -0.2) is 50.7 Å². The van der Waals surface area contributed by atoms with Gasteiger partial charge in [-0.3, -0.25) is 4.90 Å². The van der Waals surface area contributed by atoms with Crippen molar-refractivity contribution in [1.29, 1.82) is 0 Å². The molecule has 2 aliphatic rings. The van der Waals surface area contributed by atoms with E-state index < -0.39 is 0 Å². The van der Waals surface area contributed by atoms with E-state index in [1.165, 1.54) is 25.9 Å². The van der Waals surface area contributed by atoms with E-state index in [-0.39, 0.29) is 5.82 Å². The molecule has 0 bridgehead atoms. The molecule has 110 valence electrons. The van der Waals surface area contributed by atoms with Gasteiger partial charge < -0.3 is 10.2 Å². The van der Waals surface area contributed by atoms with Crippen LogP contribution in [0.5, 0.6) is 0 Å². The zero-order valence-electron chi connectivity index (χ0n) is 12.0. The minimum atomic E-state index is -0.0996. The Labute approximate surface area is 120 Å². The number of benzene rings is 1. The summed E-state index contributed by atoms with van der Waals surface area (Å²) < 4.78 is 13.8. The summed E-state index contributed by atoms with van der Waals surface area (Å²) in [6.07, 6.45) is 2.65. The molecule has 2 saturated heterocycles. The predicted octanol–water partition coefficient (Wildman–Crippen LogP) is 1.95. The Morgan fingerprint density at radius 2 is 1.95 bits per heavy atom. The van der Waals surface area contributed by atoms with E-state index in [0.29, 0.717) is 0 Å². The van der Waals surface area contributed by atoms with Crippen LogP contribution in [0.25, 0.3) is 0 Å². The average molecular weight is 277 g/mol. The molecule has 2 heterocycles. The number of piperazine rings is 1. The molecule has 0 saturated carbocycles. The van der Waals surface area contributed by atoms with E-state index in [1.54, 1.807) is 12.1 Å². The molecule has 1 N–H and O–H groups in total. The second kappa shape index (κ2) is 6.55. The van der Waals surface area contributed by atoms with E-state index in [9.17, 15) is 4.39 Å². The molecule has 1 unspecified atom stereocenters. The fourth-order valence-electron chi connectivity index (χ4n) is 3.32. The van der Waals surface area contributed by atoms with Crippen LogP contribution in [0.4, 0.5) is 10.1 Å². The highest BCUT2D eigenvalue weighted by Gasteiger charge is 2.22. The Bertz CT molecular complexity index is 423. The third-order valence-corrected chi connectivity index (χ3v) is 4.48. The van der Waals surface area contributed by atoms with E-state index in [0.717, 1.165) is 44.3 Å². The molecule has 0 spiro atoms.